The van der Waals surface area contributed by atoms with Crippen molar-refractivity contribution in [2.75, 3.05) is 0 Å². The Morgan fingerprint density at radius 3 is 1.79 bits per heavy atom. The van der Waals surface area contributed by atoms with Gasteiger partial charge in [0.05, 0.1) is 11.4 Å². The highest BCUT2D eigenvalue weighted by Crippen LogP contribution is 2.37. The van der Waals surface area contributed by atoms with Crippen molar-refractivity contribution in [1.82, 2.24) is 29.1 Å². The van der Waals surface area contributed by atoms with Gasteiger partial charge in [-0.2, -0.15) is 0 Å². The van der Waals surface area contributed by atoms with Gasteiger partial charge in [0.15, 0.2) is 0 Å². The van der Waals surface area contributed by atoms with Crippen LogP contribution in [-0.4, -0.2) is 29.1 Å². The molecule has 43 heavy (non-hydrogen) atoms. The Hall–Kier alpha value is -3.13. The average molecular weight is 636 g/mol. The minimum absolute atomic E-state index is 0.330. The lowest BCUT2D eigenvalue weighted by Gasteiger charge is -2.13. The van der Waals surface area contributed by atoms with E-state index in [1.807, 2.05) is 49.1 Å². The smallest absolute Gasteiger partial charge is 0.109 e. The Bertz CT molecular complexity index is 1580. The van der Waals surface area contributed by atoms with Gasteiger partial charge in [0, 0.05) is 71.9 Å². The molecule has 4 heterocycles. The lowest BCUT2D eigenvalue weighted by Crippen LogP contribution is -2.06. The molecule has 0 fully saturated rings. The van der Waals surface area contributed by atoms with Gasteiger partial charge in [-0.15, -0.1) is 0 Å². The zero-order valence-corrected chi connectivity index (χ0v) is 28.1. The van der Waals surface area contributed by atoms with Crippen LogP contribution in [0.1, 0.15) is 87.5 Å². The SMILES string of the molecule is CCc1nc(C(C)C)c(Sc2cc(Cl)cc(Cl)c2)n1Cc1ccncc1.CCc1nc(C(C)C)cn1Cc1ccncc1. The summed E-state index contributed by atoms with van der Waals surface area (Å²) < 4.78 is 4.54. The maximum Gasteiger partial charge on any atom is 0.109 e. The number of pyridine rings is 2. The first-order valence-corrected chi connectivity index (χ1v) is 16.3. The summed E-state index contributed by atoms with van der Waals surface area (Å²) in [7, 11) is 0. The van der Waals surface area contributed by atoms with Crippen molar-refractivity contribution in [1.29, 1.82) is 0 Å². The maximum absolute atomic E-state index is 6.19. The molecule has 0 aliphatic rings. The molecule has 0 bridgehead atoms. The van der Waals surface area contributed by atoms with Crippen molar-refractivity contribution < 1.29 is 0 Å². The summed E-state index contributed by atoms with van der Waals surface area (Å²) in [6.07, 6.45) is 11.3. The number of hydrogen-bond acceptors (Lipinski definition) is 5. The normalized spacial score (nSPS) is 11.2. The third kappa shape index (κ3) is 8.94. The molecule has 0 aliphatic carbocycles. The minimum atomic E-state index is 0.330. The van der Waals surface area contributed by atoms with Crippen LogP contribution in [-0.2, 0) is 25.9 Å². The van der Waals surface area contributed by atoms with Gasteiger partial charge in [0.1, 0.15) is 16.7 Å². The molecule has 6 nitrogen and oxygen atoms in total. The lowest BCUT2D eigenvalue weighted by molar-refractivity contribution is 0.672. The zero-order chi connectivity index (χ0) is 30.9. The molecular formula is C34H40Cl2N6S. The van der Waals surface area contributed by atoms with Crippen LogP contribution in [0, 0.1) is 0 Å². The topological polar surface area (TPSA) is 61.4 Å². The summed E-state index contributed by atoms with van der Waals surface area (Å²) in [6.45, 7) is 14.6. The Kier molecular flexibility index (Phi) is 11.9. The molecule has 0 atom stereocenters. The summed E-state index contributed by atoms with van der Waals surface area (Å²) in [5.41, 5.74) is 4.75. The van der Waals surface area contributed by atoms with Crippen LogP contribution in [0.4, 0.5) is 0 Å². The summed E-state index contributed by atoms with van der Waals surface area (Å²) in [5, 5.41) is 2.43. The van der Waals surface area contributed by atoms with E-state index in [0.29, 0.717) is 21.9 Å². The van der Waals surface area contributed by atoms with Gasteiger partial charge in [-0.05, 0) is 65.4 Å². The van der Waals surface area contributed by atoms with E-state index in [-0.39, 0.29) is 0 Å². The van der Waals surface area contributed by atoms with Gasteiger partial charge in [-0.1, -0.05) is 76.5 Å². The largest absolute Gasteiger partial charge is 0.330 e. The van der Waals surface area contributed by atoms with E-state index in [1.54, 1.807) is 17.8 Å². The number of hydrogen-bond donors (Lipinski definition) is 0. The van der Waals surface area contributed by atoms with Gasteiger partial charge in [0.2, 0.25) is 0 Å². The van der Waals surface area contributed by atoms with E-state index < -0.39 is 0 Å². The monoisotopic (exact) mass is 634 g/mol. The van der Waals surface area contributed by atoms with Crippen molar-refractivity contribution in [3.63, 3.8) is 0 Å². The molecule has 0 radical (unpaired) electrons. The summed E-state index contributed by atoms with van der Waals surface area (Å²) in [4.78, 5) is 18.8. The molecule has 5 aromatic rings. The molecule has 0 N–H and O–H groups in total. The molecule has 4 aromatic heterocycles. The highest BCUT2D eigenvalue weighted by Gasteiger charge is 2.20. The van der Waals surface area contributed by atoms with Crippen LogP contribution in [0.3, 0.4) is 0 Å². The van der Waals surface area contributed by atoms with Gasteiger partial charge in [-0.3, -0.25) is 9.97 Å². The van der Waals surface area contributed by atoms with Crippen LogP contribution in [0.5, 0.6) is 0 Å². The van der Waals surface area contributed by atoms with Crippen LogP contribution < -0.4 is 0 Å². The third-order valence-electron chi connectivity index (χ3n) is 6.92. The number of halogens is 2. The van der Waals surface area contributed by atoms with E-state index in [9.17, 15) is 0 Å². The van der Waals surface area contributed by atoms with E-state index in [2.05, 4.69) is 84.0 Å². The third-order valence-corrected chi connectivity index (χ3v) is 8.45. The fourth-order valence-corrected chi connectivity index (χ4v) is 6.56. The van der Waals surface area contributed by atoms with Crippen molar-refractivity contribution >= 4 is 35.0 Å². The number of rotatable bonds is 10. The first-order valence-electron chi connectivity index (χ1n) is 14.7. The first-order chi connectivity index (χ1) is 20.7. The molecule has 1 aromatic carbocycles. The molecule has 0 saturated carbocycles. The summed E-state index contributed by atoms with van der Waals surface area (Å²) in [6, 6.07) is 13.8. The second kappa shape index (κ2) is 15.6. The van der Waals surface area contributed by atoms with Crippen LogP contribution in [0.2, 0.25) is 10.0 Å². The Morgan fingerprint density at radius 2 is 1.28 bits per heavy atom. The molecule has 0 spiro atoms. The average Bonchev–Trinajstić information content (AvgIpc) is 3.55. The number of imidazole rings is 2. The maximum atomic E-state index is 6.19. The molecule has 9 heteroatoms. The fraction of sp³-hybridized carbons (Fsp3) is 0.353. The molecule has 0 amide bonds. The highest BCUT2D eigenvalue weighted by atomic mass is 35.5. The molecule has 0 aliphatic heterocycles. The van der Waals surface area contributed by atoms with Crippen molar-refractivity contribution in [2.45, 2.75) is 89.2 Å². The van der Waals surface area contributed by atoms with Gasteiger partial charge >= 0.3 is 0 Å². The molecular weight excluding hydrogens is 595 g/mol. The van der Waals surface area contributed by atoms with Crippen LogP contribution in [0.15, 0.2) is 83.4 Å². The quantitative estimate of drug-likeness (QED) is 0.153. The van der Waals surface area contributed by atoms with E-state index >= 15 is 0 Å². The molecule has 0 saturated heterocycles. The first kappa shape index (κ1) is 32.8. The number of benzene rings is 1. The summed E-state index contributed by atoms with van der Waals surface area (Å²) >= 11 is 14.1. The zero-order valence-electron chi connectivity index (χ0n) is 25.8. The van der Waals surface area contributed by atoms with Crippen LogP contribution in [0.25, 0.3) is 0 Å². The van der Waals surface area contributed by atoms with E-state index in [4.69, 9.17) is 28.2 Å². The second-order valence-electron chi connectivity index (χ2n) is 10.9. The second-order valence-corrected chi connectivity index (χ2v) is 12.9. The van der Waals surface area contributed by atoms with Crippen molar-refractivity contribution in [3.05, 3.63) is 118 Å². The van der Waals surface area contributed by atoms with Crippen molar-refractivity contribution in [2.24, 2.45) is 0 Å². The van der Waals surface area contributed by atoms with E-state index in [1.165, 1.54) is 16.8 Å². The molecule has 226 valence electrons. The molecule has 0 unspecified atom stereocenters. The Labute approximate surface area is 269 Å². The summed E-state index contributed by atoms with van der Waals surface area (Å²) in [5.74, 6) is 3.06. The predicted octanol–water partition coefficient (Wildman–Crippen LogP) is 9.48. The highest BCUT2D eigenvalue weighted by molar-refractivity contribution is 7.99. The predicted molar refractivity (Wildman–Crippen MR) is 179 cm³/mol. The molecule has 5 rings (SSSR count). The van der Waals surface area contributed by atoms with Crippen LogP contribution >= 0.6 is 35.0 Å². The van der Waals surface area contributed by atoms with Crippen molar-refractivity contribution in [3.8, 4) is 0 Å². The van der Waals surface area contributed by atoms with E-state index in [0.717, 1.165) is 53.2 Å². The van der Waals surface area contributed by atoms with Gasteiger partial charge in [0.25, 0.3) is 0 Å². The fourth-order valence-electron chi connectivity index (χ4n) is 4.65. The van der Waals surface area contributed by atoms with Gasteiger partial charge in [-0.25, -0.2) is 9.97 Å². The number of aromatic nitrogens is 6. The number of nitrogens with zero attached hydrogens (tertiary/aromatic N) is 6. The Balaban J connectivity index is 0.000000215. The Morgan fingerprint density at radius 1 is 0.721 bits per heavy atom. The minimum Gasteiger partial charge on any atom is -0.330 e. The number of aryl methyl sites for hydroxylation is 2. The van der Waals surface area contributed by atoms with Gasteiger partial charge < -0.3 is 9.13 Å². The standard InChI is InChI=1S/C20H21Cl2N3S.C14H19N3/c1-4-18-24-19(13(2)3)20(25(18)12-14-5-7-23-8-6-14)26-17-10-15(21)9-16(22)11-17;1-4-14-16-13(11(2)3)10-17(14)9-12-5-7-15-8-6-12/h5-11,13H,4,12H2,1-3H3;5-8,10-11H,4,9H2,1-3H3. The lowest BCUT2D eigenvalue weighted by atomic mass is 10.1.